The van der Waals surface area contributed by atoms with E-state index in [-0.39, 0.29) is 24.4 Å². The van der Waals surface area contributed by atoms with Crippen LogP contribution in [0.4, 0.5) is 0 Å². The van der Waals surface area contributed by atoms with E-state index < -0.39 is 0 Å². The summed E-state index contributed by atoms with van der Waals surface area (Å²) in [6, 6.07) is 17.0. The predicted octanol–water partition coefficient (Wildman–Crippen LogP) is 3.65. The van der Waals surface area contributed by atoms with Gasteiger partial charge in [0.15, 0.2) is 0 Å². The van der Waals surface area contributed by atoms with Gasteiger partial charge in [0.2, 0.25) is 0 Å². The van der Waals surface area contributed by atoms with Gasteiger partial charge in [-0.15, -0.1) is 0 Å². The minimum atomic E-state index is -0.263. The van der Waals surface area contributed by atoms with Crippen LogP contribution in [-0.2, 0) is 16.1 Å². The molecule has 6 heteroatoms. The van der Waals surface area contributed by atoms with Crippen molar-refractivity contribution in [2.45, 2.75) is 25.4 Å². The number of likely N-dealkylation sites (tertiary alicyclic amines) is 1. The summed E-state index contributed by atoms with van der Waals surface area (Å²) in [6.45, 7) is 2.13. The van der Waals surface area contributed by atoms with Crippen LogP contribution in [-0.4, -0.2) is 59.7 Å². The molecule has 156 valence electrons. The first-order valence-electron chi connectivity index (χ1n) is 10.3. The molecule has 4 rings (SSSR count). The molecule has 1 fully saturated rings. The third-order valence-electron chi connectivity index (χ3n) is 6.08. The fraction of sp³-hybridized carbons (Fsp3) is 0.333. The smallest absolute Gasteiger partial charge is 0.278 e. The monoisotopic (exact) mass is 423 g/mol. The number of halogens is 1. The highest BCUT2D eigenvalue weighted by molar-refractivity contribution is 6.35. The van der Waals surface area contributed by atoms with E-state index in [1.807, 2.05) is 60.5 Å². The van der Waals surface area contributed by atoms with Crippen LogP contribution in [0, 0.1) is 0 Å². The van der Waals surface area contributed by atoms with E-state index in [1.54, 1.807) is 6.07 Å². The van der Waals surface area contributed by atoms with Crippen molar-refractivity contribution in [1.29, 1.82) is 0 Å². The summed E-state index contributed by atoms with van der Waals surface area (Å²) >= 11 is 6.31. The molecule has 0 saturated carbocycles. The first-order chi connectivity index (χ1) is 14.5. The molecule has 1 saturated heterocycles. The van der Waals surface area contributed by atoms with Crippen molar-refractivity contribution in [2.75, 3.05) is 27.2 Å². The maximum atomic E-state index is 13.5. The van der Waals surface area contributed by atoms with Crippen molar-refractivity contribution >= 4 is 29.0 Å². The predicted molar refractivity (Wildman–Crippen MR) is 119 cm³/mol. The number of imide groups is 1. The lowest BCUT2D eigenvalue weighted by Gasteiger charge is -2.36. The molecule has 30 heavy (non-hydrogen) atoms. The lowest BCUT2D eigenvalue weighted by molar-refractivity contribution is -0.138. The second-order valence-corrected chi connectivity index (χ2v) is 8.43. The molecule has 2 heterocycles. The number of nitrogens with zero attached hydrogens (tertiary/aromatic N) is 3. The molecule has 0 radical (unpaired) electrons. The third-order valence-corrected chi connectivity index (χ3v) is 6.45. The minimum Gasteiger partial charge on any atom is -0.366 e. The summed E-state index contributed by atoms with van der Waals surface area (Å²) < 4.78 is 0. The fourth-order valence-corrected chi connectivity index (χ4v) is 4.46. The standard InChI is InChI=1S/C24H26ClN3O2/c1-26-14-12-19(13-15-26)27(2)22-21(17-8-4-3-5-9-17)23(29)28(24(22)30)16-18-10-6-7-11-20(18)25/h3-11,19H,12-16H2,1-2H3. The van der Waals surface area contributed by atoms with E-state index in [0.717, 1.165) is 37.1 Å². The van der Waals surface area contributed by atoms with E-state index >= 15 is 0 Å². The van der Waals surface area contributed by atoms with Gasteiger partial charge in [-0.25, -0.2) is 0 Å². The zero-order valence-corrected chi connectivity index (χ0v) is 18.1. The van der Waals surface area contributed by atoms with Gasteiger partial charge in [0, 0.05) is 18.1 Å². The van der Waals surface area contributed by atoms with Gasteiger partial charge < -0.3 is 9.80 Å². The molecular formula is C24H26ClN3O2. The molecule has 0 unspecified atom stereocenters. The molecular weight excluding hydrogens is 398 g/mol. The highest BCUT2D eigenvalue weighted by atomic mass is 35.5. The zero-order chi connectivity index (χ0) is 21.3. The number of hydrogen-bond donors (Lipinski definition) is 0. The van der Waals surface area contributed by atoms with Crippen LogP contribution in [0.1, 0.15) is 24.0 Å². The number of piperidine rings is 1. The zero-order valence-electron chi connectivity index (χ0n) is 17.3. The summed E-state index contributed by atoms with van der Waals surface area (Å²) in [4.78, 5) is 32.6. The molecule has 0 aromatic heterocycles. The Morgan fingerprint density at radius 1 is 0.967 bits per heavy atom. The first-order valence-corrected chi connectivity index (χ1v) is 10.7. The SMILES string of the molecule is CN1CCC(N(C)C2=C(c3ccccc3)C(=O)N(Cc3ccccc3Cl)C2=O)CC1. The van der Waals surface area contributed by atoms with Crippen LogP contribution in [0.15, 0.2) is 60.3 Å². The largest absolute Gasteiger partial charge is 0.366 e. The summed E-state index contributed by atoms with van der Waals surface area (Å²) in [5, 5.41) is 0.552. The van der Waals surface area contributed by atoms with Gasteiger partial charge in [-0.1, -0.05) is 60.1 Å². The van der Waals surface area contributed by atoms with Crippen LogP contribution >= 0.6 is 11.6 Å². The number of rotatable bonds is 5. The maximum absolute atomic E-state index is 13.5. The molecule has 2 amide bonds. The van der Waals surface area contributed by atoms with E-state index in [0.29, 0.717) is 16.3 Å². The van der Waals surface area contributed by atoms with E-state index in [1.165, 1.54) is 4.90 Å². The number of hydrogen-bond acceptors (Lipinski definition) is 4. The Hall–Kier alpha value is -2.63. The van der Waals surface area contributed by atoms with Crippen molar-refractivity contribution in [3.8, 4) is 0 Å². The van der Waals surface area contributed by atoms with Crippen molar-refractivity contribution in [3.63, 3.8) is 0 Å². The maximum Gasteiger partial charge on any atom is 0.278 e. The van der Waals surface area contributed by atoms with Crippen LogP contribution < -0.4 is 0 Å². The van der Waals surface area contributed by atoms with Gasteiger partial charge in [-0.2, -0.15) is 0 Å². The van der Waals surface area contributed by atoms with E-state index in [9.17, 15) is 9.59 Å². The summed E-state index contributed by atoms with van der Waals surface area (Å²) in [6.07, 6.45) is 1.93. The molecule has 5 nitrogen and oxygen atoms in total. The van der Waals surface area contributed by atoms with Crippen LogP contribution in [0.2, 0.25) is 5.02 Å². The number of amides is 2. The van der Waals surface area contributed by atoms with Gasteiger partial charge in [-0.05, 0) is 50.2 Å². The number of carbonyl (C=O) groups is 2. The number of benzene rings is 2. The Balaban J connectivity index is 1.71. The normalized spacial score (nSPS) is 18.4. The Morgan fingerprint density at radius 3 is 2.27 bits per heavy atom. The van der Waals surface area contributed by atoms with Gasteiger partial charge >= 0.3 is 0 Å². The summed E-state index contributed by atoms with van der Waals surface area (Å²) in [5.74, 6) is -0.513. The topological polar surface area (TPSA) is 43.9 Å². The second kappa shape index (κ2) is 8.62. The summed E-state index contributed by atoms with van der Waals surface area (Å²) in [7, 11) is 4.05. The van der Waals surface area contributed by atoms with Crippen LogP contribution in [0.3, 0.4) is 0 Å². The second-order valence-electron chi connectivity index (χ2n) is 8.02. The Kier molecular flexibility index (Phi) is 5.93. The van der Waals surface area contributed by atoms with Gasteiger partial charge in [-0.3, -0.25) is 14.5 Å². The average molecular weight is 424 g/mol. The van der Waals surface area contributed by atoms with Crippen molar-refractivity contribution in [1.82, 2.24) is 14.7 Å². The fourth-order valence-electron chi connectivity index (χ4n) is 4.26. The van der Waals surface area contributed by atoms with Gasteiger partial charge in [0.05, 0.1) is 12.1 Å². The minimum absolute atomic E-state index is 0.165. The molecule has 0 spiro atoms. The lowest BCUT2D eigenvalue weighted by Crippen LogP contribution is -2.43. The Bertz CT molecular complexity index is 981. The third kappa shape index (κ3) is 3.87. The molecule has 2 aromatic carbocycles. The molecule has 0 aliphatic carbocycles. The van der Waals surface area contributed by atoms with Crippen molar-refractivity contribution in [2.24, 2.45) is 0 Å². The molecule has 0 atom stereocenters. The quantitative estimate of drug-likeness (QED) is 0.688. The Morgan fingerprint density at radius 2 is 1.60 bits per heavy atom. The highest BCUT2D eigenvalue weighted by Crippen LogP contribution is 2.34. The lowest BCUT2D eigenvalue weighted by atomic mass is 10.0. The summed E-state index contributed by atoms with van der Waals surface area (Å²) in [5.41, 5.74) is 2.51. The van der Waals surface area contributed by atoms with E-state index in [2.05, 4.69) is 11.9 Å². The highest BCUT2D eigenvalue weighted by Gasteiger charge is 2.42. The molecule has 2 aliphatic rings. The number of carbonyl (C=O) groups excluding carboxylic acids is 2. The van der Waals surface area contributed by atoms with Gasteiger partial charge in [0.25, 0.3) is 11.8 Å². The average Bonchev–Trinajstić information content (AvgIpc) is 3.00. The molecule has 2 aromatic rings. The van der Waals surface area contributed by atoms with Crippen LogP contribution in [0.5, 0.6) is 0 Å². The van der Waals surface area contributed by atoms with E-state index in [4.69, 9.17) is 11.6 Å². The number of likely N-dealkylation sites (N-methyl/N-ethyl adjacent to an activating group) is 1. The first kappa shape index (κ1) is 20.6. The molecule has 2 aliphatic heterocycles. The molecule has 0 bridgehead atoms. The van der Waals surface area contributed by atoms with Crippen molar-refractivity contribution in [3.05, 3.63) is 76.4 Å². The van der Waals surface area contributed by atoms with Crippen molar-refractivity contribution < 1.29 is 9.59 Å². The Labute approximate surface area is 182 Å². The van der Waals surface area contributed by atoms with Crippen LogP contribution in [0.25, 0.3) is 5.57 Å². The van der Waals surface area contributed by atoms with Gasteiger partial charge in [0.1, 0.15) is 5.70 Å². The molecule has 0 N–H and O–H groups in total.